The molecule has 2 saturated heterocycles. The van der Waals surface area contributed by atoms with Crippen molar-refractivity contribution in [1.29, 1.82) is 0 Å². The van der Waals surface area contributed by atoms with Crippen molar-refractivity contribution in [2.24, 2.45) is 0 Å². The minimum absolute atomic E-state index is 0.201. The van der Waals surface area contributed by atoms with Crippen molar-refractivity contribution in [1.82, 2.24) is 30.2 Å². The Labute approximate surface area is 279 Å². The molecule has 0 saturated carbocycles. The molecular weight excluding hydrogens is 636 g/mol. The van der Waals surface area contributed by atoms with E-state index < -0.39 is 96.6 Å². The molecule has 48 heavy (non-hydrogen) atoms. The number of hydrogen-bond donors (Lipinski definition) is 2. The number of imide groups is 2. The van der Waals surface area contributed by atoms with Gasteiger partial charge in [0.05, 0.1) is 26.2 Å². The molecule has 0 aromatic rings. The van der Waals surface area contributed by atoms with E-state index in [0.717, 1.165) is 9.80 Å². The molecule has 2 N–H and O–H groups in total. The van der Waals surface area contributed by atoms with Crippen molar-refractivity contribution >= 4 is 47.8 Å². The molecule has 0 spiro atoms. The van der Waals surface area contributed by atoms with E-state index in [1.54, 1.807) is 65.2 Å². The molecule has 0 radical (unpaired) electrons. The zero-order valence-corrected chi connectivity index (χ0v) is 29.2. The number of ether oxygens (including phenoxy) is 4. The Morgan fingerprint density at radius 3 is 1.10 bits per heavy atom. The van der Waals surface area contributed by atoms with Gasteiger partial charge in [-0.1, -0.05) is 0 Å². The topological polar surface area (TPSA) is 210 Å². The van der Waals surface area contributed by atoms with E-state index >= 15 is 0 Å². The van der Waals surface area contributed by atoms with Gasteiger partial charge in [-0.2, -0.15) is 0 Å². The van der Waals surface area contributed by atoms with E-state index in [4.69, 9.17) is 18.9 Å². The number of carbonyl (C=O) groups excluding carboxylic acids is 8. The minimum Gasteiger partial charge on any atom is -0.444 e. The number of piperazine rings is 2. The first-order chi connectivity index (χ1) is 22.0. The number of nitrogens with zero attached hydrogens (tertiary/aromatic N) is 4. The Bertz CT molecular complexity index is 1140. The highest BCUT2D eigenvalue weighted by Crippen LogP contribution is 2.18. The minimum atomic E-state index is -1.10. The average Bonchev–Trinajstić information content (AvgIpc) is 2.92. The summed E-state index contributed by atoms with van der Waals surface area (Å²) in [6, 6.07) is -3.14. The lowest BCUT2D eigenvalue weighted by Gasteiger charge is -2.43. The third-order valence-corrected chi connectivity index (χ3v) is 7.25. The van der Waals surface area contributed by atoms with Crippen molar-refractivity contribution in [2.75, 3.05) is 39.6 Å². The molecule has 0 bridgehead atoms. The van der Waals surface area contributed by atoms with Gasteiger partial charge in [-0.15, -0.1) is 0 Å². The normalized spacial score (nSPS) is 19.2. The highest BCUT2D eigenvalue weighted by Gasteiger charge is 2.40. The number of hydrogen-bond acceptors (Lipinski definition) is 14. The van der Waals surface area contributed by atoms with E-state index in [1.165, 1.54) is 13.8 Å². The number of alkyl carbamates (subject to hydrolysis) is 2. The van der Waals surface area contributed by atoms with Gasteiger partial charge in [0, 0.05) is 12.1 Å². The van der Waals surface area contributed by atoms with Crippen LogP contribution in [0.5, 0.6) is 0 Å². The molecule has 0 aromatic carbocycles. The first-order valence-corrected chi connectivity index (χ1v) is 15.5. The summed E-state index contributed by atoms with van der Waals surface area (Å²) >= 11 is 0. The van der Waals surface area contributed by atoms with Crippen LogP contribution in [0.25, 0.3) is 0 Å². The maximum Gasteiger partial charge on any atom is 0.408 e. The molecular formula is C30H48N6O12. The molecule has 2 aliphatic heterocycles. The van der Waals surface area contributed by atoms with E-state index in [-0.39, 0.29) is 26.2 Å². The predicted octanol–water partition coefficient (Wildman–Crippen LogP) is -0.0672. The lowest BCUT2D eigenvalue weighted by Crippen LogP contribution is -2.63. The average molecular weight is 685 g/mol. The van der Waals surface area contributed by atoms with E-state index in [1.807, 2.05) is 0 Å². The second kappa shape index (κ2) is 16.2. The van der Waals surface area contributed by atoms with Crippen LogP contribution < -0.4 is 10.6 Å². The summed E-state index contributed by atoms with van der Waals surface area (Å²) in [6.07, 6.45) is -1.66. The van der Waals surface area contributed by atoms with Gasteiger partial charge in [0.25, 0.3) is 0 Å². The van der Waals surface area contributed by atoms with Crippen molar-refractivity contribution in [2.45, 2.75) is 105 Å². The SMILES string of the molecule is C[C@H](NC(=O)OC(C)(C)C)C(=O)OCN1C(=O)CN([C@H](C)[C@H](C)N2CC(=O)N(COC(=O)[C@H](C)NC(=O)OC(C)(C)C)C(=O)C2)CC1=O. The van der Waals surface area contributed by atoms with E-state index in [2.05, 4.69) is 10.6 Å². The molecule has 18 nitrogen and oxygen atoms in total. The molecule has 2 rings (SSSR count). The van der Waals surface area contributed by atoms with Crippen LogP contribution in [-0.2, 0) is 47.7 Å². The van der Waals surface area contributed by atoms with Gasteiger partial charge in [0.1, 0.15) is 23.3 Å². The van der Waals surface area contributed by atoms with Crippen molar-refractivity contribution < 1.29 is 57.3 Å². The second-order valence-corrected chi connectivity index (χ2v) is 13.6. The first kappa shape index (κ1) is 39.9. The summed E-state index contributed by atoms with van der Waals surface area (Å²) < 4.78 is 20.3. The Morgan fingerprint density at radius 2 is 0.854 bits per heavy atom. The Balaban J connectivity index is 1.86. The number of esters is 2. The number of carbonyl (C=O) groups is 8. The first-order valence-electron chi connectivity index (χ1n) is 15.5. The monoisotopic (exact) mass is 684 g/mol. The smallest absolute Gasteiger partial charge is 0.408 e. The van der Waals surface area contributed by atoms with Gasteiger partial charge in [-0.05, 0) is 69.2 Å². The molecule has 4 atom stereocenters. The highest BCUT2D eigenvalue weighted by atomic mass is 16.6. The molecule has 270 valence electrons. The Hall–Kier alpha value is -4.32. The Morgan fingerprint density at radius 1 is 0.583 bits per heavy atom. The van der Waals surface area contributed by atoms with Crippen LogP contribution in [0.15, 0.2) is 0 Å². The van der Waals surface area contributed by atoms with Gasteiger partial charge in [-0.25, -0.2) is 29.0 Å². The molecule has 6 amide bonds. The third kappa shape index (κ3) is 12.0. The summed E-state index contributed by atoms with van der Waals surface area (Å²) in [5.74, 6) is -4.25. The molecule has 0 unspecified atom stereocenters. The zero-order chi connectivity index (χ0) is 36.7. The Kier molecular flexibility index (Phi) is 13.4. The molecule has 18 heteroatoms. The zero-order valence-electron chi connectivity index (χ0n) is 29.2. The number of rotatable bonds is 11. The summed E-state index contributed by atoms with van der Waals surface area (Å²) in [4.78, 5) is 105. The maximum absolute atomic E-state index is 12.9. The van der Waals surface area contributed by atoms with Gasteiger partial charge < -0.3 is 29.6 Å². The van der Waals surface area contributed by atoms with Gasteiger partial charge in [0.2, 0.25) is 23.6 Å². The van der Waals surface area contributed by atoms with Crippen LogP contribution in [0, 0.1) is 0 Å². The lowest BCUT2D eigenvalue weighted by atomic mass is 10.1. The molecule has 2 heterocycles. The predicted molar refractivity (Wildman–Crippen MR) is 165 cm³/mol. The van der Waals surface area contributed by atoms with Crippen LogP contribution in [0.4, 0.5) is 9.59 Å². The molecule has 2 fully saturated rings. The fraction of sp³-hybridized carbons (Fsp3) is 0.733. The summed E-state index contributed by atoms with van der Waals surface area (Å²) in [6.45, 7) is 14.1. The summed E-state index contributed by atoms with van der Waals surface area (Å²) in [7, 11) is 0. The van der Waals surface area contributed by atoms with Crippen LogP contribution >= 0.6 is 0 Å². The van der Waals surface area contributed by atoms with Crippen LogP contribution in [-0.4, -0.2) is 142 Å². The largest absolute Gasteiger partial charge is 0.444 e. The summed E-state index contributed by atoms with van der Waals surface area (Å²) in [5, 5.41) is 4.64. The van der Waals surface area contributed by atoms with Crippen LogP contribution in [0.3, 0.4) is 0 Å². The van der Waals surface area contributed by atoms with Crippen molar-refractivity contribution in [3.05, 3.63) is 0 Å². The second-order valence-electron chi connectivity index (χ2n) is 13.6. The molecule has 0 aliphatic carbocycles. The van der Waals surface area contributed by atoms with E-state index in [0.29, 0.717) is 0 Å². The lowest BCUT2D eigenvalue weighted by molar-refractivity contribution is -0.169. The fourth-order valence-corrected chi connectivity index (χ4v) is 4.49. The van der Waals surface area contributed by atoms with E-state index in [9.17, 15) is 38.4 Å². The fourth-order valence-electron chi connectivity index (χ4n) is 4.49. The van der Waals surface area contributed by atoms with Gasteiger partial charge in [0.15, 0.2) is 13.5 Å². The summed E-state index contributed by atoms with van der Waals surface area (Å²) in [5.41, 5.74) is -1.55. The van der Waals surface area contributed by atoms with Crippen molar-refractivity contribution in [3.8, 4) is 0 Å². The maximum atomic E-state index is 12.9. The standard InChI is InChI=1S/C30H48N6O12/c1-17(31-27(43)47-29(5,6)7)25(41)45-15-35-21(37)11-33(12-22(35)38)19(3)20(4)34-13-23(39)36(24(40)14-34)16-46-26(42)18(2)32-28(44)48-30(8,9)10/h17-20H,11-16H2,1-10H3,(H,31,43)(H,32,44)/t17-,18-,19-,20+/m0/s1. The molecule has 0 aromatic heterocycles. The quantitative estimate of drug-likeness (QED) is 0.166. The molecule has 2 aliphatic rings. The highest BCUT2D eigenvalue weighted by molar-refractivity contribution is 6.00. The van der Waals surface area contributed by atoms with Crippen molar-refractivity contribution in [3.63, 3.8) is 0 Å². The number of nitrogens with one attached hydrogen (secondary N) is 2. The third-order valence-electron chi connectivity index (χ3n) is 7.25. The van der Waals surface area contributed by atoms with Gasteiger partial charge >= 0.3 is 24.1 Å². The van der Waals surface area contributed by atoms with Gasteiger partial charge in [-0.3, -0.25) is 29.0 Å². The van der Waals surface area contributed by atoms with Crippen LogP contribution in [0.1, 0.15) is 69.2 Å². The number of amides is 6. The van der Waals surface area contributed by atoms with Crippen LogP contribution in [0.2, 0.25) is 0 Å².